The molecule has 1 atom stereocenters. The summed E-state index contributed by atoms with van der Waals surface area (Å²) in [5.41, 5.74) is 6.64. The molecule has 0 saturated carbocycles. The van der Waals surface area contributed by atoms with Gasteiger partial charge in [-0.05, 0) is 18.0 Å². The van der Waals surface area contributed by atoms with E-state index in [1.54, 1.807) is 0 Å². The Bertz CT molecular complexity index is 143. The molecule has 0 aliphatic carbocycles. The molecule has 0 radical (unpaired) electrons. The van der Waals surface area contributed by atoms with E-state index in [4.69, 9.17) is 5.73 Å². The lowest BCUT2D eigenvalue weighted by Crippen LogP contribution is -2.31. The number of likely N-dealkylation sites (N-methyl/N-ethyl adjacent to an activating group) is 1. The highest BCUT2D eigenvalue weighted by Gasteiger charge is 2.07. The molecule has 0 heterocycles. The molecule has 0 bridgehead atoms. The molecule has 1 unspecified atom stereocenters. The topological polar surface area (TPSA) is 29.3 Å². The van der Waals surface area contributed by atoms with Gasteiger partial charge in [-0.15, -0.1) is 0 Å². The molecule has 0 aliphatic rings. The van der Waals surface area contributed by atoms with E-state index in [1.807, 2.05) is 0 Å². The highest BCUT2D eigenvalue weighted by Crippen LogP contribution is 2.05. The quantitative estimate of drug-likeness (QED) is 0.612. The Kier molecular flexibility index (Phi) is 6.92. The van der Waals surface area contributed by atoms with Crippen LogP contribution in [-0.2, 0) is 0 Å². The molecule has 2 heteroatoms. The van der Waals surface area contributed by atoms with Gasteiger partial charge in [-0.2, -0.15) is 0 Å². The fraction of sp³-hybridized carbons (Fsp3) is 0.818. The first-order chi connectivity index (χ1) is 6.13. The lowest BCUT2D eigenvalue weighted by molar-refractivity contribution is 0.264. The van der Waals surface area contributed by atoms with Crippen LogP contribution in [0.5, 0.6) is 0 Å². The molecule has 2 N–H and O–H groups in total. The van der Waals surface area contributed by atoms with E-state index in [-0.39, 0.29) is 0 Å². The minimum atomic E-state index is 0.608. The second kappa shape index (κ2) is 7.10. The SMILES string of the molecule is C=C(CN)CN(CC)CC(C)CC. The van der Waals surface area contributed by atoms with Gasteiger partial charge in [0.25, 0.3) is 0 Å². The first-order valence-electron chi connectivity index (χ1n) is 5.23. The maximum absolute atomic E-state index is 5.51. The van der Waals surface area contributed by atoms with Gasteiger partial charge in [0.2, 0.25) is 0 Å². The Balaban J connectivity index is 3.81. The number of nitrogens with zero attached hydrogens (tertiary/aromatic N) is 1. The van der Waals surface area contributed by atoms with Crippen LogP contribution in [0.25, 0.3) is 0 Å². The minimum Gasteiger partial charge on any atom is -0.327 e. The number of rotatable bonds is 7. The molecule has 0 amide bonds. The summed E-state index contributed by atoms with van der Waals surface area (Å²) in [7, 11) is 0. The molecule has 13 heavy (non-hydrogen) atoms. The maximum atomic E-state index is 5.51. The number of nitrogens with two attached hydrogens (primary N) is 1. The van der Waals surface area contributed by atoms with Crippen molar-refractivity contribution in [2.75, 3.05) is 26.2 Å². The van der Waals surface area contributed by atoms with Crippen LogP contribution >= 0.6 is 0 Å². The number of hydrogen-bond acceptors (Lipinski definition) is 2. The lowest BCUT2D eigenvalue weighted by atomic mass is 10.1. The van der Waals surface area contributed by atoms with E-state index in [9.17, 15) is 0 Å². The Morgan fingerprint density at radius 1 is 1.46 bits per heavy atom. The summed E-state index contributed by atoms with van der Waals surface area (Å²) in [5.74, 6) is 0.769. The smallest absolute Gasteiger partial charge is 0.0202 e. The molecular formula is C11H24N2. The van der Waals surface area contributed by atoms with Crippen LogP contribution in [0.4, 0.5) is 0 Å². The van der Waals surface area contributed by atoms with Crippen molar-refractivity contribution in [1.29, 1.82) is 0 Å². The molecule has 0 aromatic heterocycles. The van der Waals surface area contributed by atoms with Crippen LogP contribution in [0.3, 0.4) is 0 Å². The average molecular weight is 184 g/mol. The first kappa shape index (κ1) is 12.7. The van der Waals surface area contributed by atoms with Gasteiger partial charge in [0.05, 0.1) is 0 Å². The summed E-state index contributed by atoms with van der Waals surface area (Å²) < 4.78 is 0. The van der Waals surface area contributed by atoms with Crippen LogP contribution in [0.1, 0.15) is 27.2 Å². The molecule has 0 fully saturated rings. The van der Waals surface area contributed by atoms with Crippen molar-refractivity contribution >= 4 is 0 Å². The predicted molar refractivity (Wildman–Crippen MR) is 59.8 cm³/mol. The maximum Gasteiger partial charge on any atom is 0.0202 e. The Labute approximate surface area is 82.8 Å². The number of hydrogen-bond donors (Lipinski definition) is 1. The van der Waals surface area contributed by atoms with Gasteiger partial charge in [-0.25, -0.2) is 0 Å². The zero-order valence-corrected chi connectivity index (χ0v) is 9.34. The molecular weight excluding hydrogens is 160 g/mol. The van der Waals surface area contributed by atoms with Crippen molar-refractivity contribution in [2.24, 2.45) is 11.7 Å². The molecule has 0 aromatic rings. The van der Waals surface area contributed by atoms with E-state index >= 15 is 0 Å². The third-order valence-electron chi connectivity index (χ3n) is 2.45. The summed E-state index contributed by atoms with van der Waals surface area (Å²) in [6.45, 7) is 14.4. The van der Waals surface area contributed by atoms with Crippen LogP contribution in [0.2, 0.25) is 0 Å². The minimum absolute atomic E-state index is 0.608. The third-order valence-corrected chi connectivity index (χ3v) is 2.45. The monoisotopic (exact) mass is 184 g/mol. The van der Waals surface area contributed by atoms with E-state index in [2.05, 4.69) is 32.3 Å². The summed E-state index contributed by atoms with van der Waals surface area (Å²) >= 11 is 0. The summed E-state index contributed by atoms with van der Waals surface area (Å²) in [6, 6.07) is 0. The highest BCUT2D eigenvalue weighted by molar-refractivity contribution is 4.98. The van der Waals surface area contributed by atoms with Gasteiger partial charge in [-0.1, -0.05) is 33.8 Å². The van der Waals surface area contributed by atoms with Crippen LogP contribution in [0.15, 0.2) is 12.2 Å². The van der Waals surface area contributed by atoms with E-state index in [0.29, 0.717) is 6.54 Å². The van der Waals surface area contributed by atoms with Gasteiger partial charge in [0.1, 0.15) is 0 Å². The molecule has 0 aliphatic heterocycles. The van der Waals surface area contributed by atoms with E-state index in [1.165, 1.54) is 6.42 Å². The Morgan fingerprint density at radius 3 is 2.46 bits per heavy atom. The summed E-state index contributed by atoms with van der Waals surface area (Å²) in [6.07, 6.45) is 1.24. The van der Waals surface area contributed by atoms with Gasteiger partial charge >= 0.3 is 0 Å². The predicted octanol–water partition coefficient (Wildman–Crippen LogP) is 1.87. The Morgan fingerprint density at radius 2 is 2.08 bits per heavy atom. The second-order valence-electron chi connectivity index (χ2n) is 3.80. The van der Waals surface area contributed by atoms with Crippen molar-refractivity contribution in [3.05, 3.63) is 12.2 Å². The van der Waals surface area contributed by atoms with Crippen LogP contribution in [-0.4, -0.2) is 31.1 Å². The first-order valence-corrected chi connectivity index (χ1v) is 5.23. The van der Waals surface area contributed by atoms with Gasteiger partial charge in [0.15, 0.2) is 0 Å². The molecule has 0 saturated heterocycles. The van der Waals surface area contributed by atoms with Gasteiger partial charge in [-0.3, -0.25) is 4.90 Å². The van der Waals surface area contributed by atoms with Crippen LogP contribution in [0, 0.1) is 5.92 Å². The molecule has 0 rings (SSSR count). The average Bonchev–Trinajstić information content (AvgIpc) is 2.16. The van der Waals surface area contributed by atoms with Crippen molar-refractivity contribution in [3.63, 3.8) is 0 Å². The molecule has 0 aromatic carbocycles. The normalized spacial score (nSPS) is 13.3. The van der Waals surface area contributed by atoms with Gasteiger partial charge < -0.3 is 5.73 Å². The van der Waals surface area contributed by atoms with E-state index < -0.39 is 0 Å². The Hall–Kier alpha value is -0.340. The van der Waals surface area contributed by atoms with Crippen molar-refractivity contribution in [1.82, 2.24) is 4.90 Å². The third kappa shape index (κ3) is 5.83. The highest BCUT2D eigenvalue weighted by atomic mass is 15.1. The molecule has 0 spiro atoms. The van der Waals surface area contributed by atoms with Crippen molar-refractivity contribution in [2.45, 2.75) is 27.2 Å². The van der Waals surface area contributed by atoms with E-state index in [0.717, 1.165) is 31.1 Å². The largest absolute Gasteiger partial charge is 0.327 e. The fourth-order valence-electron chi connectivity index (χ4n) is 1.26. The standard InChI is InChI=1S/C11H24N2/c1-5-10(3)8-13(6-2)9-11(4)7-12/h10H,4-9,12H2,1-3H3. The van der Waals surface area contributed by atoms with Crippen molar-refractivity contribution < 1.29 is 0 Å². The van der Waals surface area contributed by atoms with Gasteiger partial charge in [0, 0.05) is 19.6 Å². The fourth-order valence-corrected chi connectivity index (χ4v) is 1.26. The summed E-state index contributed by atoms with van der Waals surface area (Å²) in [5, 5.41) is 0. The zero-order valence-electron chi connectivity index (χ0n) is 9.34. The van der Waals surface area contributed by atoms with Crippen molar-refractivity contribution in [3.8, 4) is 0 Å². The zero-order chi connectivity index (χ0) is 10.3. The molecule has 78 valence electrons. The van der Waals surface area contributed by atoms with Crippen LogP contribution < -0.4 is 5.73 Å². The second-order valence-corrected chi connectivity index (χ2v) is 3.80. The summed E-state index contributed by atoms with van der Waals surface area (Å²) in [4.78, 5) is 2.41. The molecule has 2 nitrogen and oxygen atoms in total. The lowest BCUT2D eigenvalue weighted by Gasteiger charge is -2.24.